The molecule has 6 nitrogen and oxygen atoms in total. The number of benzene rings is 1. The van der Waals surface area contributed by atoms with Crippen LogP contribution in [-0.4, -0.2) is 21.1 Å². The molecule has 2 atom stereocenters. The molecular formula is C15H15N3O3. The Balaban J connectivity index is 2.45. The Labute approximate surface area is 127 Å². The molecule has 0 aliphatic heterocycles. The van der Waals surface area contributed by atoms with E-state index in [-0.39, 0.29) is 22.6 Å². The highest BCUT2D eigenvalue weighted by Gasteiger charge is 2.30. The number of nitrogen functional groups attached to an aromatic ring is 1. The summed E-state index contributed by atoms with van der Waals surface area (Å²) < 4.78 is 40.2. The normalized spacial score (nSPS) is 29.8. The fourth-order valence-corrected chi connectivity index (χ4v) is 2.33. The van der Waals surface area contributed by atoms with E-state index in [4.69, 9.17) is 12.6 Å². The molecule has 0 amide bonds. The van der Waals surface area contributed by atoms with Gasteiger partial charge < -0.3 is 5.73 Å². The van der Waals surface area contributed by atoms with Crippen molar-refractivity contribution in [3.05, 3.63) is 34.4 Å². The molecule has 1 aromatic heterocycles. The average molecular weight is 290 g/mol. The van der Waals surface area contributed by atoms with Crippen LogP contribution in [0.5, 0.6) is 0 Å². The summed E-state index contributed by atoms with van der Waals surface area (Å²) in [6, 6.07) is -0.0236. The second-order valence-corrected chi connectivity index (χ2v) is 4.69. The third-order valence-electron chi connectivity index (χ3n) is 3.29. The number of Topliss-reactive ketones (excluding diaryl/α,β-unsaturated/α-hetero) is 2. The van der Waals surface area contributed by atoms with Gasteiger partial charge in [0, 0.05) is 16.2 Å². The number of anilines is 1. The fraction of sp³-hybridized carbons (Fsp3) is 0.333. The molecule has 1 saturated carbocycles. The molecule has 0 bridgehead atoms. The minimum absolute atomic E-state index is 0.0312. The molecule has 1 fully saturated rings. The number of rotatable bonds is 1. The van der Waals surface area contributed by atoms with Crippen LogP contribution < -0.4 is 11.3 Å². The zero-order valence-electron chi connectivity index (χ0n) is 15.9. The van der Waals surface area contributed by atoms with Crippen LogP contribution in [0.2, 0.25) is 0 Å². The number of carbonyl (C=O) groups excluding carboxylic acids is 2. The lowest BCUT2D eigenvalue weighted by atomic mass is 9.92. The fourth-order valence-electron chi connectivity index (χ4n) is 2.33. The Hall–Kier alpha value is -2.50. The Morgan fingerprint density at radius 2 is 2.38 bits per heavy atom. The topological polar surface area (TPSA) is 95.0 Å². The van der Waals surface area contributed by atoms with Gasteiger partial charge in [-0.05, 0) is 25.4 Å². The van der Waals surface area contributed by atoms with Crippen molar-refractivity contribution in [2.75, 3.05) is 5.73 Å². The smallest absolute Gasteiger partial charge is 0.264 e. The highest BCUT2D eigenvalue weighted by atomic mass is 16.2. The first-order valence-electron chi connectivity index (χ1n) is 8.96. The van der Waals surface area contributed by atoms with Crippen LogP contribution in [0.4, 0.5) is 5.69 Å². The molecule has 0 spiro atoms. The minimum atomic E-state index is -2.49. The van der Waals surface area contributed by atoms with E-state index in [2.05, 4.69) is 4.98 Å². The van der Waals surface area contributed by atoms with E-state index in [1.165, 1.54) is 12.1 Å². The van der Waals surface area contributed by atoms with Crippen LogP contribution in [0.25, 0.3) is 10.9 Å². The summed E-state index contributed by atoms with van der Waals surface area (Å²) in [5, 5.41) is -0.217. The lowest BCUT2D eigenvalue weighted by molar-refractivity contribution is -0.132. The standard InChI is InChI=1S/C15H15N3O3/c1-8-17-11-4-2-3-10(16)14(11)15(21)18(8)12-6-5-9(19)7-13(12)20/h2-4,12H,5-7,16H2,1H3/i1D2,3D,6D,12D. The van der Waals surface area contributed by atoms with Gasteiger partial charge in [-0.25, -0.2) is 4.98 Å². The molecule has 1 aliphatic carbocycles. The maximum Gasteiger partial charge on any atom is 0.264 e. The summed E-state index contributed by atoms with van der Waals surface area (Å²) in [5.74, 6) is -1.98. The summed E-state index contributed by atoms with van der Waals surface area (Å²) >= 11 is 0. The number of fused-ring (bicyclic) bond motifs is 1. The number of aromatic nitrogens is 2. The van der Waals surface area contributed by atoms with E-state index in [1.807, 2.05) is 0 Å². The van der Waals surface area contributed by atoms with Gasteiger partial charge in [-0.2, -0.15) is 0 Å². The third-order valence-corrected chi connectivity index (χ3v) is 3.29. The molecule has 108 valence electrons. The predicted molar refractivity (Wildman–Crippen MR) is 78.1 cm³/mol. The van der Waals surface area contributed by atoms with E-state index in [1.54, 1.807) is 0 Å². The molecule has 1 heterocycles. The van der Waals surface area contributed by atoms with Crippen LogP contribution in [0.15, 0.2) is 23.0 Å². The number of nitrogens with zero attached hydrogens (tertiary/aromatic N) is 2. The monoisotopic (exact) mass is 290 g/mol. The summed E-state index contributed by atoms with van der Waals surface area (Å²) in [7, 11) is 0. The van der Waals surface area contributed by atoms with Gasteiger partial charge in [-0.15, -0.1) is 0 Å². The van der Waals surface area contributed by atoms with Gasteiger partial charge in [0.1, 0.15) is 11.6 Å². The number of nitrogens with two attached hydrogens (primary N) is 1. The maximum atomic E-state index is 13.1. The zero-order valence-corrected chi connectivity index (χ0v) is 10.9. The SMILES string of the molecule is [2H]c1ccc2nc(C([2H])[2H])n(C3([2H])C(=O)CC(=O)CC3[2H])c(=O)c2c1N. The molecule has 6 heteroatoms. The second-order valence-electron chi connectivity index (χ2n) is 4.69. The molecule has 3 rings (SSSR count). The Morgan fingerprint density at radius 1 is 1.57 bits per heavy atom. The molecule has 2 unspecified atom stereocenters. The highest BCUT2D eigenvalue weighted by molar-refractivity contribution is 6.03. The largest absolute Gasteiger partial charge is 0.398 e. The average Bonchev–Trinajstić information content (AvgIpc) is 2.55. The second kappa shape index (κ2) is 4.80. The van der Waals surface area contributed by atoms with Crippen LogP contribution in [0.1, 0.15) is 37.9 Å². The van der Waals surface area contributed by atoms with Gasteiger partial charge >= 0.3 is 0 Å². The Morgan fingerprint density at radius 3 is 3.10 bits per heavy atom. The van der Waals surface area contributed by atoms with Gasteiger partial charge in [0.2, 0.25) is 0 Å². The van der Waals surface area contributed by atoms with E-state index in [0.717, 1.165) is 0 Å². The summed E-state index contributed by atoms with van der Waals surface area (Å²) in [6.45, 7) is -1.82. The lowest BCUT2D eigenvalue weighted by Crippen LogP contribution is -2.36. The summed E-state index contributed by atoms with van der Waals surface area (Å²) in [6.07, 6.45) is -2.61. The van der Waals surface area contributed by atoms with Gasteiger partial charge in [0.15, 0.2) is 5.78 Å². The van der Waals surface area contributed by atoms with Gasteiger partial charge in [0.05, 0.1) is 26.1 Å². The first-order valence-corrected chi connectivity index (χ1v) is 6.23. The van der Waals surface area contributed by atoms with E-state index >= 15 is 0 Å². The maximum absolute atomic E-state index is 13.1. The molecule has 21 heavy (non-hydrogen) atoms. The molecule has 1 aliphatic rings. The highest BCUT2D eigenvalue weighted by Crippen LogP contribution is 2.24. The van der Waals surface area contributed by atoms with Crippen LogP contribution in [-0.2, 0) is 9.59 Å². The molecule has 1 aromatic carbocycles. The van der Waals surface area contributed by atoms with Crippen LogP contribution in [0.3, 0.4) is 0 Å². The van der Waals surface area contributed by atoms with Gasteiger partial charge in [-0.3, -0.25) is 19.0 Å². The first kappa shape index (κ1) is 8.71. The number of hydrogen-bond donors (Lipinski definition) is 1. The Bertz CT molecular complexity index is 1010. The van der Waals surface area contributed by atoms with Crippen molar-refractivity contribution < 1.29 is 16.4 Å². The van der Waals surface area contributed by atoms with E-state index in [9.17, 15) is 14.4 Å². The quantitative estimate of drug-likeness (QED) is 0.628. The number of carbonyl (C=O) groups is 2. The van der Waals surface area contributed by atoms with Crippen molar-refractivity contribution in [3.63, 3.8) is 0 Å². The van der Waals surface area contributed by atoms with Crippen molar-refractivity contribution in [2.45, 2.75) is 32.1 Å². The van der Waals surface area contributed by atoms with E-state index in [0.29, 0.717) is 4.57 Å². The van der Waals surface area contributed by atoms with Crippen LogP contribution >= 0.6 is 0 Å². The Kier molecular flexibility index (Phi) is 1.99. The lowest BCUT2D eigenvalue weighted by Gasteiger charge is -2.24. The van der Waals surface area contributed by atoms with Crippen molar-refractivity contribution in [2.24, 2.45) is 0 Å². The predicted octanol–water partition coefficient (Wildman–Crippen LogP) is 1.15. The first-order chi connectivity index (χ1) is 12.1. The van der Waals surface area contributed by atoms with Crippen molar-refractivity contribution in [3.8, 4) is 0 Å². The van der Waals surface area contributed by atoms with Crippen molar-refractivity contribution in [1.29, 1.82) is 0 Å². The summed E-state index contributed by atoms with van der Waals surface area (Å²) in [5.41, 5.74) is 4.64. The molecule has 0 radical (unpaired) electrons. The van der Waals surface area contributed by atoms with Crippen molar-refractivity contribution in [1.82, 2.24) is 9.55 Å². The number of ketones is 2. The van der Waals surface area contributed by atoms with Crippen molar-refractivity contribution >= 4 is 28.2 Å². The molecule has 0 saturated heterocycles. The van der Waals surface area contributed by atoms with Gasteiger partial charge in [0.25, 0.3) is 5.56 Å². The summed E-state index contributed by atoms with van der Waals surface area (Å²) in [4.78, 5) is 41.1. The number of aryl methyl sites for hydroxylation is 1. The minimum Gasteiger partial charge on any atom is -0.398 e. The molecule has 2 N–H and O–H groups in total. The third kappa shape index (κ3) is 2.12. The molecular weight excluding hydrogens is 270 g/mol. The van der Waals surface area contributed by atoms with E-state index < -0.39 is 55.1 Å². The molecule has 2 aromatic rings. The van der Waals surface area contributed by atoms with Gasteiger partial charge in [-0.1, -0.05) is 6.07 Å². The number of hydrogen-bond acceptors (Lipinski definition) is 5. The zero-order chi connectivity index (χ0) is 19.4. The van der Waals surface area contributed by atoms with Crippen LogP contribution in [0, 0.1) is 6.88 Å².